The van der Waals surface area contributed by atoms with E-state index in [0.29, 0.717) is 16.3 Å². The molecule has 6 nitrogen and oxygen atoms in total. The Bertz CT molecular complexity index is 1420. The molecular weight excluding hydrogens is 394 g/mol. The lowest BCUT2D eigenvalue weighted by atomic mass is 10.1. The van der Waals surface area contributed by atoms with E-state index in [1.54, 1.807) is 10.7 Å². The van der Waals surface area contributed by atoms with Gasteiger partial charge in [-0.2, -0.15) is 5.10 Å². The van der Waals surface area contributed by atoms with Crippen molar-refractivity contribution in [3.8, 4) is 5.69 Å². The third-order valence-electron chi connectivity index (χ3n) is 5.03. The summed E-state index contributed by atoms with van der Waals surface area (Å²) in [4.78, 5) is 22.5. The first-order valence-electron chi connectivity index (χ1n) is 9.61. The van der Waals surface area contributed by atoms with Gasteiger partial charge in [0.05, 0.1) is 32.5 Å². The van der Waals surface area contributed by atoms with Crippen LogP contribution in [0, 0.1) is 20.8 Å². The summed E-state index contributed by atoms with van der Waals surface area (Å²) in [6, 6.07) is 17.6. The second kappa shape index (κ2) is 7.03. The average Bonchev–Trinajstić information content (AvgIpc) is 3.29. The van der Waals surface area contributed by atoms with E-state index in [-0.39, 0.29) is 5.91 Å². The number of pyridine rings is 1. The second-order valence-corrected chi connectivity index (χ2v) is 8.27. The molecule has 3 aromatic heterocycles. The van der Waals surface area contributed by atoms with Crippen molar-refractivity contribution in [3.05, 3.63) is 77.1 Å². The quantitative estimate of drug-likeness (QED) is 0.441. The lowest BCUT2D eigenvalue weighted by molar-refractivity contribution is 0.102. The molecule has 0 spiro atoms. The van der Waals surface area contributed by atoms with Gasteiger partial charge in [-0.15, -0.1) is 0 Å². The van der Waals surface area contributed by atoms with Gasteiger partial charge in [0.15, 0.2) is 10.8 Å². The largest absolute Gasteiger partial charge is 0.298 e. The number of hydrogen-bond donors (Lipinski definition) is 1. The molecule has 5 rings (SSSR count). The number of carbonyl (C=O) groups excluding carboxylic acids is 1. The summed E-state index contributed by atoms with van der Waals surface area (Å²) in [5.74, 6) is -0.210. The van der Waals surface area contributed by atoms with Crippen LogP contribution >= 0.6 is 11.3 Å². The molecule has 30 heavy (non-hydrogen) atoms. The number of rotatable bonds is 3. The van der Waals surface area contributed by atoms with Crippen LogP contribution in [0.25, 0.3) is 26.9 Å². The fourth-order valence-corrected chi connectivity index (χ4v) is 4.59. The fraction of sp³-hybridized carbons (Fsp3) is 0.130. The Labute approximate surface area is 177 Å². The van der Waals surface area contributed by atoms with Gasteiger partial charge in [0.2, 0.25) is 0 Å². The highest BCUT2D eigenvalue weighted by Crippen LogP contribution is 2.30. The van der Waals surface area contributed by atoms with E-state index >= 15 is 0 Å². The maximum absolute atomic E-state index is 13.2. The lowest BCUT2D eigenvalue weighted by Gasteiger charge is -2.07. The van der Waals surface area contributed by atoms with Gasteiger partial charge >= 0.3 is 0 Å². The van der Waals surface area contributed by atoms with Gasteiger partial charge in [0, 0.05) is 5.69 Å². The van der Waals surface area contributed by atoms with Crippen LogP contribution in [-0.4, -0.2) is 25.7 Å². The highest BCUT2D eigenvalue weighted by molar-refractivity contribution is 7.22. The molecule has 0 radical (unpaired) electrons. The summed E-state index contributed by atoms with van der Waals surface area (Å²) < 4.78 is 2.84. The van der Waals surface area contributed by atoms with Gasteiger partial charge in [0.25, 0.3) is 5.91 Å². The predicted molar refractivity (Wildman–Crippen MR) is 121 cm³/mol. The van der Waals surface area contributed by atoms with E-state index < -0.39 is 0 Å². The van der Waals surface area contributed by atoms with Crippen LogP contribution in [0.1, 0.15) is 27.3 Å². The molecule has 5 aromatic rings. The number of amides is 1. The molecule has 0 bridgehead atoms. The van der Waals surface area contributed by atoms with Gasteiger partial charge in [-0.05, 0) is 50.6 Å². The maximum atomic E-state index is 13.2. The maximum Gasteiger partial charge on any atom is 0.258 e. The fourth-order valence-electron chi connectivity index (χ4n) is 3.65. The van der Waals surface area contributed by atoms with Gasteiger partial charge in [-0.3, -0.25) is 10.1 Å². The highest BCUT2D eigenvalue weighted by atomic mass is 32.1. The van der Waals surface area contributed by atoms with Crippen molar-refractivity contribution in [2.24, 2.45) is 0 Å². The van der Waals surface area contributed by atoms with E-state index in [4.69, 9.17) is 0 Å². The van der Waals surface area contributed by atoms with Crippen LogP contribution in [0.15, 0.2) is 54.6 Å². The number of thiazole rings is 1. The molecule has 1 amide bonds. The van der Waals surface area contributed by atoms with Crippen molar-refractivity contribution >= 4 is 43.6 Å². The molecule has 148 valence electrons. The average molecular weight is 414 g/mol. The van der Waals surface area contributed by atoms with E-state index in [0.717, 1.165) is 38.2 Å². The van der Waals surface area contributed by atoms with E-state index in [9.17, 15) is 4.79 Å². The third kappa shape index (κ3) is 3.04. The highest BCUT2D eigenvalue weighted by Gasteiger charge is 2.20. The number of anilines is 1. The molecular formula is C23H19N5OS. The van der Waals surface area contributed by atoms with Crippen molar-refractivity contribution in [2.45, 2.75) is 20.8 Å². The first-order valence-corrected chi connectivity index (χ1v) is 10.4. The Morgan fingerprint density at radius 3 is 2.57 bits per heavy atom. The first-order chi connectivity index (χ1) is 14.5. The summed E-state index contributed by atoms with van der Waals surface area (Å²) in [6.45, 7) is 5.80. The Hall–Kier alpha value is -3.58. The third-order valence-corrected chi connectivity index (χ3v) is 5.96. The van der Waals surface area contributed by atoms with Gasteiger partial charge in [-0.25, -0.2) is 14.6 Å². The second-order valence-electron chi connectivity index (χ2n) is 7.24. The summed E-state index contributed by atoms with van der Waals surface area (Å²) >= 11 is 1.47. The number of aryl methyl sites for hydroxylation is 3. The van der Waals surface area contributed by atoms with Crippen LogP contribution in [0.5, 0.6) is 0 Å². The molecule has 3 heterocycles. The van der Waals surface area contributed by atoms with Gasteiger partial charge < -0.3 is 0 Å². The monoisotopic (exact) mass is 413 g/mol. The molecule has 0 saturated carbocycles. The number of nitrogens with zero attached hydrogens (tertiary/aromatic N) is 4. The van der Waals surface area contributed by atoms with E-state index in [2.05, 4.69) is 20.4 Å². The van der Waals surface area contributed by atoms with Crippen LogP contribution in [-0.2, 0) is 0 Å². The molecule has 0 aliphatic carbocycles. The summed E-state index contributed by atoms with van der Waals surface area (Å²) in [5.41, 5.74) is 5.64. The number of fused-ring (bicyclic) bond motifs is 2. The molecule has 0 aliphatic rings. The number of hydrogen-bond acceptors (Lipinski definition) is 5. The number of aromatic nitrogens is 4. The first kappa shape index (κ1) is 18.4. The van der Waals surface area contributed by atoms with Crippen LogP contribution in [0.2, 0.25) is 0 Å². The van der Waals surface area contributed by atoms with Gasteiger partial charge in [0.1, 0.15) is 0 Å². The minimum Gasteiger partial charge on any atom is -0.298 e. The van der Waals surface area contributed by atoms with E-state index in [1.165, 1.54) is 11.3 Å². The lowest BCUT2D eigenvalue weighted by Crippen LogP contribution is -2.13. The summed E-state index contributed by atoms with van der Waals surface area (Å²) in [6.07, 6.45) is 0. The number of nitrogens with one attached hydrogen (secondary N) is 1. The van der Waals surface area contributed by atoms with Gasteiger partial charge in [-0.1, -0.05) is 41.7 Å². The Kier molecular flexibility index (Phi) is 4.33. The van der Waals surface area contributed by atoms with Crippen LogP contribution in [0.4, 0.5) is 5.13 Å². The Balaban J connectivity index is 1.60. The van der Waals surface area contributed by atoms with E-state index in [1.807, 2.05) is 69.3 Å². The predicted octanol–water partition coefficient (Wildman–Crippen LogP) is 5.21. The number of benzene rings is 2. The zero-order valence-corrected chi connectivity index (χ0v) is 17.6. The minimum atomic E-state index is -0.210. The molecule has 2 aromatic carbocycles. The SMILES string of the molecule is Cc1cc(C(=O)Nc2nc3c(C)cccc3s2)c2c(C)nn(-c3ccccc3)c2n1. The standard InChI is InChI=1S/C23H19N5OS/c1-13-8-7-11-18-20(13)25-23(30-18)26-22(29)17-12-14(2)24-21-19(17)15(3)27-28(21)16-9-5-4-6-10-16/h4-12H,1-3H3,(H,25,26,29). The number of para-hydroxylation sites is 2. The molecule has 0 unspecified atom stereocenters. The van der Waals surface area contributed by atoms with Crippen LogP contribution in [0.3, 0.4) is 0 Å². The molecule has 0 fully saturated rings. The van der Waals surface area contributed by atoms with Crippen LogP contribution < -0.4 is 5.32 Å². The molecule has 0 atom stereocenters. The number of carbonyl (C=O) groups is 1. The Morgan fingerprint density at radius 1 is 1.00 bits per heavy atom. The van der Waals surface area contributed by atoms with Crippen molar-refractivity contribution in [1.82, 2.24) is 19.7 Å². The van der Waals surface area contributed by atoms with Crippen molar-refractivity contribution < 1.29 is 4.79 Å². The molecule has 0 saturated heterocycles. The smallest absolute Gasteiger partial charge is 0.258 e. The zero-order valence-electron chi connectivity index (χ0n) is 16.8. The van der Waals surface area contributed by atoms with Crippen molar-refractivity contribution in [3.63, 3.8) is 0 Å². The Morgan fingerprint density at radius 2 is 1.80 bits per heavy atom. The molecule has 7 heteroatoms. The van der Waals surface area contributed by atoms with Crippen molar-refractivity contribution in [1.29, 1.82) is 0 Å². The zero-order chi connectivity index (χ0) is 20.8. The molecule has 1 N–H and O–H groups in total. The topological polar surface area (TPSA) is 72.7 Å². The van der Waals surface area contributed by atoms with Crippen molar-refractivity contribution in [2.75, 3.05) is 5.32 Å². The summed E-state index contributed by atoms with van der Waals surface area (Å²) in [7, 11) is 0. The summed E-state index contributed by atoms with van der Waals surface area (Å²) in [5, 5.41) is 8.97. The molecule has 0 aliphatic heterocycles. The minimum absolute atomic E-state index is 0.210. The normalized spacial score (nSPS) is 11.3.